The highest BCUT2D eigenvalue weighted by Gasteiger charge is 1.86. The molecule has 0 aliphatic heterocycles. The number of carbonyl (C=O) groups excluding carboxylic acids is 1. The maximum atomic E-state index is 9.88. The summed E-state index contributed by atoms with van der Waals surface area (Å²) in [4.78, 5) is 9.88. The van der Waals surface area contributed by atoms with E-state index in [1.807, 2.05) is 13.8 Å². The predicted molar refractivity (Wildman–Crippen MR) is 38.6 cm³/mol. The Bertz CT molecular complexity index is 102. The topological polar surface area (TPSA) is 43.1 Å². The number of hydrogen-bond acceptors (Lipinski definition) is 1. The highest BCUT2D eigenvalue weighted by molar-refractivity contribution is 5.73. The predicted octanol–water partition coefficient (Wildman–Crippen LogP) is 0.911. The number of hydrogen-bond donors (Lipinski definition) is 1. The average Bonchev–Trinajstić information content (AvgIpc) is 1.88. The van der Waals surface area contributed by atoms with Crippen molar-refractivity contribution in [2.75, 3.05) is 0 Å². The van der Waals surface area contributed by atoms with Gasteiger partial charge >= 0.3 is 0 Å². The summed E-state index contributed by atoms with van der Waals surface area (Å²) in [7, 11) is 0. The molecule has 0 unspecified atom stereocenters. The van der Waals surface area contributed by atoms with Gasteiger partial charge in [-0.2, -0.15) is 0 Å². The largest absolute Gasteiger partial charge is 0.370 e. The fourth-order valence-corrected chi connectivity index (χ4v) is 0.195. The summed E-state index contributed by atoms with van der Waals surface area (Å²) in [6.07, 6.45) is 5.57. The second-order valence-electron chi connectivity index (χ2n) is 1.17. The Balaban J connectivity index is 0. The standard InChI is InChI=1S/C5H7NO.C2H6/c1-2-3-4-5(6)7;1-2/h1H,3-4H2,(H2,6,7);1-2H3. The average molecular weight is 127 g/mol. The maximum absolute atomic E-state index is 9.88. The van der Waals surface area contributed by atoms with E-state index in [0.717, 1.165) is 0 Å². The Hall–Kier alpha value is -0.970. The summed E-state index contributed by atoms with van der Waals surface area (Å²) in [5, 5.41) is 0. The molecule has 0 radical (unpaired) electrons. The summed E-state index contributed by atoms with van der Waals surface area (Å²) in [6.45, 7) is 4.00. The molecule has 0 aromatic rings. The van der Waals surface area contributed by atoms with Crippen LogP contribution in [-0.2, 0) is 4.79 Å². The quantitative estimate of drug-likeness (QED) is 0.550. The number of primary amides is 1. The van der Waals surface area contributed by atoms with Gasteiger partial charge in [-0.3, -0.25) is 4.79 Å². The molecule has 1 amide bonds. The highest BCUT2D eigenvalue weighted by Crippen LogP contribution is 1.80. The van der Waals surface area contributed by atoms with Crippen LogP contribution >= 0.6 is 0 Å². The summed E-state index contributed by atoms with van der Waals surface area (Å²) in [5.41, 5.74) is 4.74. The molecule has 0 saturated heterocycles. The van der Waals surface area contributed by atoms with E-state index in [1.165, 1.54) is 0 Å². The van der Waals surface area contributed by atoms with Crippen LogP contribution in [0.1, 0.15) is 26.7 Å². The van der Waals surface area contributed by atoms with Crippen LogP contribution in [0.2, 0.25) is 0 Å². The van der Waals surface area contributed by atoms with Crippen LogP contribution in [0.4, 0.5) is 0 Å². The van der Waals surface area contributed by atoms with Crippen molar-refractivity contribution in [3.05, 3.63) is 0 Å². The molecule has 0 aliphatic carbocycles. The van der Waals surface area contributed by atoms with Crippen molar-refractivity contribution >= 4 is 5.91 Å². The highest BCUT2D eigenvalue weighted by atomic mass is 16.1. The van der Waals surface area contributed by atoms with Crippen molar-refractivity contribution < 1.29 is 4.79 Å². The third kappa shape index (κ3) is 19.4. The van der Waals surface area contributed by atoms with Gasteiger partial charge in [0.1, 0.15) is 0 Å². The van der Waals surface area contributed by atoms with Crippen molar-refractivity contribution in [2.45, 2.75) is 26.7 Å². The van der Waals surface area contributed by atoms with E-state index in [2.05, 4.69) is 5.92 Å². The zero-order valence-corrected chi connectivity index (χ0v) is 5.98. The van der Waals surface area contributed by atoms with Gasteiger partial charge in [-0.25, -0.2) is 0 Å². The van der Waals surface area contributed by atoms with E-state index in [-0.39, 0.29) is 5.91 Å². The number of amides is 1. The first-order valence-corrected chi connectivity index (χ1v) is 2.99. The number of terminal acetylenes is 1. The second kappa shape index (κ2) is 10.1. The SMILES string of the molecule is C#CCCC(N)=O.CC. The van der Waals surface area contributed by atoms with Gasteiger partial charge in [0.25, 0.3) is 0 Å². The van der Waals surface area contributed by atoms with Crippen molar-refractivity contribution in [1.29, 1.82) is 0 Å². The third-order valence-corrected chi connectivity index (χ3v) is 0.516. The molecule has 0 aromatic carbocycles. The van der Waals surface area contributed by atoms with E-state index in [0.29, 0.717) is 12.8 Å². The number of carbonyl (C=O) groups is 1. The monoisotopic (exact) mass is 127 g/mol. The molecule has 0 aliphatic rings. The van der Waals surface area contributed by atoms with Gasteiger partial charge in [-0.05, 0) is 0 Å². The second-order valence-corrected chi connectivity index (χ2v) is 1.17. The zero-order chi connectivity index (χ0) is 7.70. The molecule has 2 N–H and O–H groups in total. The molecule has 0 rings (SSSR count). The number of rotatable bonds is 2. The molecule has 0 bridgehead atoms. The molecular formula is C7H13NO. The Labute approximate surface area is 56.4 Å². The van der Waals surface area contributed by atoms with Gasteiger partial charge < -0.3 is 5.73 Å². The molecule has 0 aromatic heterocycles. The lowest BCUT2D eigenvalue weighted by molar-refractivity contribution is -0.117. The van der Waals surface area contributed by atoms with E-state index < -0.39 is 0 Å². The van der Waals surface area contributed by atoms with Crippen LogP contribution in [-0.4, -0.2) is 5.91 Å². The Morgan fingerprint density at radius 2 is 2.11 bits per heavy atom. The molecular weight excluding hydrogens is 114 g/mol. The zero-order valence-electron chi connectivity index (χ0n) is 5.98. The molecule has 9 heavy (non-hydrogen) atoms. The molecule has 2 heteroatoms. The van der Waals surface area contributed by atoms with Gasteiger partial charge in [0.2, 0.25) is 5.91 Å². The van der Waals surface area contributed by atoms with Crippen molar-refractivity contribution in [3.63, 3.8) is 0 Å². The van der Waals surface area contributed by atoms with E-state index >= 15 is 0 Å². The van der Waals surface area contributed by atoms with Gasteiger partial charge in [0, 0.05) is 12.8 Å². The molecule has 0 fully saturated rings. The van der Waals surface area contributed by atoms with Crippen molar-refractivity contribution in [1.82, 2.24) is 0 Å². The van der Waals surface area contributed by atoms with Crippen LogP contribution in [0.15, 0.2) is 0 Å². The first-order valence-electron chi connectivity index (χ1n) is 2.99. The lowest BCUT2D eigenvalue weighted by Gasteiger charge is -1.81. The van der Waals surface area contributed by atoms with Gasteiger partial charge in [-0.1, -0.05) is 13.8 Å². The lowest BCUT2D eigenvalue weighted by atomic mass is 10.3. The minimum atomic E-state index is -0.335. The van der Waals surface area contributed by atoms with Crippen LogP contribution in [0.3, 0.4) is 0 Å². The smallest absolute Gasteiger partial charge is 0.218 e. The normalized spacial score (nSPS) is 6.33. The lowest BCUT2D eigenvalue weighted by Crippen LogP contribution is -2.08. The summed E-state index contributed by atoms with van der Waals surface area (Å²) >= 11 is 0. The Morgan fingerprint density at radius 3 is 2.22 bits per heavy atom. The van der Waals surface area contributed by atoms with Crippen LogP contribution in [0, 0.1) is 12.3 Å². The Kier molecular flexibility index (Phi) is 12.3. The number of nitrogens with two attached hydrogens (primary N) is 1. The maximum Gasteiger partial charge on any atom is 0.218 e. The molecule has 52 valence electrons. The van der Waals surface area contributed by atoms with Crippen LogP contribution in [0.5, 0.6) is 0 Å². The van der Waals surface area contributed by atoms with Crippen LogP contribution in [0.25, 0.3) is 0 Å². The first kappa shape index (κ1) is 10.9. The van der Waals surface area contributed by atoms with Crippen LogP contribution < -0.4 is 5.73 Å². The minimum absolute atomic E-state index is 0.302. The summed E-state index contributed by atoms with van der Waals surface area (Å²) < 4.78 is 0. The Morgan fingerprint density at radius 1 is 1.67 bits per heavy atom. The van der Waals surface area contributed by atoms with Gasteiger partial charge in [0.15, 0.2) is 0 Å². The molecule has 2 nitrogen and oxygen atoms in total. The van der Waals surface area contributed by atoms with E-state index in [4.69, 9.17) is 12.2 Å². The summed E-state index contributed by atoms with van der Waals surface area (Å²) in [6, 6.07) is 0. The third-order valence-electron chi connectivity index (χ3n) is 0.516. The molecule has 0 saturated carbocycles. The molecule has 0 heterocycles. The van der Waals surface area contributed by atoms with Crippen molar-refractivity contribution in [2.24, 2.45) is 5.73 Å². The van der Waals surface area contributed by atoms with Gasteiger partial charge in [-0.15, -0.1) is 12.3 Å². The van der Waals surface area contributed by atoms with E-state index in [1.54, 1.807) is 0 Å². The van der Waals surface area contributed by atoms with E-state index in [9.17, 15) is 4.79 Å². The fraction of sp³-hybridized carbons (Fsp3) is 0.571. The van der Waals surface area contributed by atoms with Gasteiger partial charge in [0.05, 0.1) is 0 Å². The molecule has 0 spiro atoms. The first-order chi connectivity index (χ1) is 4.27. The summed E-state index contributed by atoms with van der Waals surface area (Å²) in [5.74, 6) is 1.96. The minimum Gasteiger partial charge on any atom is -0.370 e. The fourth-order valence-electron chi connectivity index (χ4n) is 0.195. The van der Waals surface area contributed by atoms with Crippen molar-refractivity contribution in [3.8, 4) is 12.3 Å². The molecule has 0 atom stereocenters.